The highest BCUT2D eigenvalue weighted by Gasteiger charge is 2.11. The van der Waals surface area contributed by atoms with Gasteiger partial charge in [-0.3, -0.25) is 0 Å². The van der Waals surface area contributed by atoms with E-state index in [1.54, 1.807) is 0 Å². The fourth-order valence-electron chi connectivity index (χ4n) is 1.65. The van der Waals surface area contributed by atoms with Crippen LogP contribution in [0.25, 0.3) is 10.9 Å². The number of aromatic amines is 1. The monoisotopic (exact) mass is 309 g/mol. The minimum atomic E-state index is -5.10. The van der Waals surface area contributed by atoms with E-state index in [1.165, 1.54) is 10.8 Å². The van der Waals surface area contributed by atoms with Gasteiger partial charge < -0.3 is 9.88 Å². The van der Waals surface area contributed by atoms with Gasteiger partial charge in [0.15, 0.2) is 0 Å². The summed E-state index contributed by atoms with van der Waals surface area (Å²) in [4.78, 5) is 2.25. The van der Waals surface area contributed by atoms with Crippen molar-refractivity contribution >= 4 is 20.9 Å². The van der Waals surface area contributed by atoms with E-state index in [0.717, 1.165) is 12.1 Å². The summed E-state index contributed by atoms with van der Waals surface area (Å²) in [5.74, 6) is 0. The first-order chi connectivity index (χ1) is 14.9. The van der Waals surface area contributed by atoms with Crippen molar-refractivity contribution < 1.29 is 27.6 Å². The van der Waals surface area contributed by atoms with Crippen LogP contribution in [0.5, 0.6) is 0 Å². The Bertz CT molecular complexity index is 1150. The Morgan fingerprint density at radius 1 is 1.50 bits per heavy atom. The second-order valence-electron chi connectivity index (χ2n) is 3.87. The third-order valence-corrected chi connectivity index (χ3v) is 3.27. The summed E-state index contributed by atoms with van der Waals surface area (Å²) >= 11 is 0. The fourth-order valence-corrected chi connectivity index (χ4v) is 2.14. The largest absolute Gasteiger partial charge is 0.361 e. The molecule has 2 aromatic rings. The highest BCUT2D eigenvalue weighted by molar-refractivity contribution is 7.88. The van der Waals surface area contributed by atoms with E-state index in [4.69, 9.17) is 19.2 Å². The van der Waals surface area contributed by atoms with Crippen LogP contribution in [0.15, 0.2) is 24.4 Å². The van der Waals surface area contributed by atoms with Crippen molar-refractivity contribution in [1.82, 2.24) is 14.6 Å². The third-order valence-electron chi connectivity index (χ3n) is 2.49. The molecule has 1 aromatic heterocycles. The number of nitrogens with one attached hydrogen (secondary N) is 2. The first kappa shape index (κ1) is 5.12. The number of hydrogen-bond acceptors (Lipinski definition) is 3. The zero-order valence-electron chi connectivity index (χ0n) is 24.1. The van der Waals surface area contributed by atoms with Crippen LogP contribution in [0.4, 0.5) is 0 Å². The molecule has 5 nitrogen and oxygen atoms in total. The van der Waals surface area contributed by atoms with Crippen LogP contribution in [0.2, 0.25) is 0 Å². The summed E-state index contributed by atoms with van der Waals surface area (Å²) < 4.78 is 132. The minimum absolute atomic E-state index is 0.0737. The van der Waals surface area contributed by atoms with Crippen molar-refractivity contribution in [2.24, 2.45) is 0 Å². The summed E-state index contributed by atoms with van der Waals surface area (Å²) in [7, 11) is -5.10. The fraction of sp³-hybridized carbons (Fsp3) is 0.429. The zero-order chi connectivity index (χ0) is 26.7. The Labute approximate surface area is 139 Å². The van der Waals surface area contributed by atoms with Crippen molar-refractivity contribution in [3.05, 3.63) is 35.5 Å². The van der Waals surface area contributed by atoms with Gasteiger partial charge in [0, 0.05) is 41.4 Å². The van der Waals surface area contributed by atoms with Crippen molar-refractivity contribution in [2.75, 3.05) is 27.4 Å². The topological polar surface area (TPSA) is 65.2 Å². The van der Waals surface area contributed by atoms with Gasteiger partial charge in [0.2, 0.25) is 10.0 Å². The molecular weight excluding hydrogens is 274 g/mol. The lowest BCUT2D eigenvalue weighted by atomic mass is 10.1. The number of nitrogens with zero attached hydrogens (tertiary/aromatic N) is 1. The second kappa shape index (κ2) is 5.95. The molecule has 0 aliphatic rings. The molecular formula is C14H21N3O2S. The van der Waals surface area contributed by atoms with Gasteiger partial charge in [0.1, 0.15) is 0 Å². The number of rotatable bonds is 6. The molecule has 0 amide bonds. The van der Waals surface area contributed by atoms with Gasteiger partial charge in [-0.2, -0.15) is 0 Å². The lowest BCUT2D eigenvalue weighted by molar-refractivity contribution is 0.414. The van der Waals surface area contributed by atoms with E-state index in [0.29, 0.717) is 0 Å². The molecule has 6 heteroatoms. The van der Waals surface area contributed by atoms with Gasteiger partial charge in [-0.25, -0.2) is 13.1 Å². The number of likely N-dealkylation sites (N-methyl/N-ethyl adjacent to an activating group) is 1. The van der Waals surface area contributed by atoms with Gasteiger partial charge in [0.25, 0.3) is 0 Å². The zero-order valence-corrected chi connectivity index (χ0v) is 10.9. The number of aryl methyl sites for hydroxylation is 1. The molecule has 1 aromatic carbocycles. The van der Waals surface area contributed by atoms with Crippen LogP contribution in [0, 0.1) is 0 Å². The van der Waals surface area contributed by atoms with E-state index in [1.807, 2.05) is 0 Å². The molecule has 1 heterocycles. The Kier molecular flexibility index (Phi) is 1.52. The molecule has 110 valence electrons. The van der Waals surface area contributed by atoms with E-state index in [9.17, 15) is 8.42 Å². The van der Waals surface area contributed by atoms with E-state index in [2.05, 4.69) is 4.98 Å². The van der Waals surface area contributed by atoms with Crippen molar-refractivity contribution in [3.8, 4) is 0 Å². The Morgan fingerprint density at radius 2 is 2.35 bits per heavy atom. The second-order valence-corrected chi connectivity index (χ2v) is 5.28. The predicted octanol–water partition coefficient (Wildman–Crippen LogP) is 1.32. The van der Waals surface area contributed by atoms with Crippen molar-refractivity contribution in [3.63, 3.8) is 0 Å². The van der Waals surface area contributed by atoms with Crippen molar-refractivity contribution in [1.29, 1.82) is 0 Å². The highest BCUT2D eigenvalue weighted by atomic mass is 32.2. The number of fused-ring (bicyclic) bond motifs is 1. The van der Waals surface area contributed by atoms with Crippen LogP contribution in [-0.4, -0.2) is 45.7 Å². The number of benzene rings is 1. The minimum Gasteiger partial charge on any atom is -0.361 e. The van der Waals surface area contributed by atoms with Gasteiger partial charge in [-0.1, -0.05) is 6.07 Å². The average molecular weight is 309 g/mol. The number of hydrogen-bond donors (Lipinski definition) is 2. The molecule has 0 unspecified atom stereocenters. The maximum atomic E-state index is 12.4. The summed E-state index contributed by atoms with van der Waals surface area (Å²) in [5, 5.41) is -0.0737. The van der Waals surface area contributed by atoms with E-state index >= 15 is 0 Å². The molecule has 0 atom stereocenters. The molecule has 0 saturated heterocycles. The molecule has 0 radical (unpaired) electrons. The SMILES string of the molecule is [2H]c1[nH]c2ccc(C([2H])([2H])S(=O)(=O)NC([2H])([2H])[2H])cc2c1CC([2H])([2H])N(C([2H])([2H])[2H])C([2H])([2H])[2H]. The lowest BCUT2D eigenvalue weighted by Crippen LogP contribution is -2.20. The first-order valence-electron chi connectivity index (χ1n) is 12.4. The van der Waals surface area contributed by atoms with Crippen LogP contribution in [-0.2, 0) is 22.1 Å². The number of sulfonamides is 1. The van der Waals surface area contributed by atoms with E-state index in [-0.39, 0.29) is 21.4 Å². The Hall–Kier alpha value is -1.37. The molecule has 0 bridgehead atoms. The Balaban J connectivity index is 2.63. The highest BCUT2D eigenvalue weighted by Crippen LogP contribution is 2.21. The molecule has 20 heavy (non-hydrogen) atoms. The van der Waals surface area contributed by atoms with Crippen molar-refractivity contribution in [2.45, 2.75) is 12.1 Å². The smallest absolute Gasteiger partial charge is 0.215 e. The molecule has 0 saturated carbocycles. The molecule has 0 spiro atoms. The molecule has 2 N–H and O–H groups in total. The maximum Gasteiger partial charge on any atom is 0.215 e. The number of aromatic nitrogens is 1. The molecule has 0 aliphatic carbocycles. The normalized spacial score (nSPS) is 26.1. The molecule has 2 rings (SSSR count). The summed E-state index contributed by atoms with van der Waals surface area (Å²) in [6.07, 6.45) is -1.37. The average Bonchev–Trinajstić information content (AvgIpc) is 2.83. The van der Waals surface area contributed by atoms with E-state index < -0.39 is 61.3 Å². The summed E-state index contributed by atoms with van der Waals surface area (Å²) in [6.45, 7) is -13.0. The quantitative estimate of drug-likeness (QED) is 0.846. The van der Waals surface area contributed by atoms with Gasteiger partial charge in [0.05, 0.1) is 7.08 Å². The van der Waals surface area contributed by atoms with Crippen LogP contribution in [0.3, 0.4) is 0 Å². The van der Waals surface area contributed by atoms with Gasteiger partial charge in [-0.15, -0.1) is 0 Å². The lowest BCUT2D eigenvalue weighted by Gasteiger charge is -2.08. The number of H-pyrrole nitrogens is 1. The predicted molar refractivity (Wildman–Crippen MR) is 82.2 cm³/mol. The Morgan fingerprint density at radius 3 is 3.10 bits per heavy atom. The molecule has 0 fully saturated rings. The molecule has 0 aliphatic heterocycles. The van der Waals surface area contributed by atoms with Gasteiger partial charge in [-0.05, 0) is 50.6 Å². The third kappa shape index (κ3) is 3.59. The maximum absolute atomic E-state index is 12.4. The van der Waals surface area contributed by atoms with Crippen LogP contribution in [0.1, 0.15) is 30.3 Å². The summed E-state index contributed by atoms with van der Waals surface area (Å²) in [5.41, 5.74) is -3.93. The van der Waals surface area contributed by atoms with Crippen LogP contribution >= 0.6 is 0 Å². The van der Waals surface area contributed by atoms with Crippen LogP contribution < -0.4 is 4.72 Å². The van der Waals surface area contributed by atoms with Gasteiger partial charge >= 0.3 is 0 Å². The first-order valence-corrected chi connectivity index (χ1v) is 6.84. The summed E-state index contributed by atoms with van der Waals surface area (Å²) in [6, 6.07) is 3.14. The standard InChI is InChI=1S/C14H21N3O2S/c1-15-20(18,19)10-11-4-5-14-13(8-11)12(9-16-14)6-7-17(2)3/h4-5,8-9,15-16H,6-7,10H2,1-3H3/i1D3,2D3,3D3,7D2,9D,10D2.